The first-order valence-corrected chi connectivity index (χ1v) is 8.38. The molecule has 0 bridgehead atoms. The molecule has 1 amide bonds. The lowest BCUT2D eigenvalue weighted by atomic mass is 10.1. The first-order valence-electron chi connectivity index (χ1n) is 7.62. The van der Waals surface area contributed by atoms with Gasteiger partial charge in [-0.15, -0.1) is 0 Å². The molecule has 0 saturated carbocycles. The van der Waals surface area contributed by atoms with Gasteiger partial charge in [-0.2, -0.15) is 0 Å². The summed E-state index contributed by atoms with van der Waals surface area (Å²) in [7, 11) is 0. The molecule has 5 heteroatoms. The Bertz CT molecular complexity index is 839. The SMILES string of the molecule is Cc1ccc(CCC2=N/C(=C\c3ccc(Cl)cc3Cl)C(=O)N2)cc1. The molecule has 0 spiro atoms. The van der Waals surface area contributed by atoms with Gasteiger partial charge in [-0.05, 0) is 42.7 Å². The van der Waals surface area contributed by atoms with E-state index in [1.165, 1.54) is 11.1 Å². The standard InChI is InChI=1S/C19H16Cl2N2O/c1-12-2-4-13(5-3-12)6-9-18-22-17(19(24)23-18)10-14-7-8-15(20)11-16(14)21/h2-5,7-8,10-11H,6,9H2,1H3,(H,22,23,24)/b17-10-. The van der Waals surface area contributed by atoms with Gasteiger partial charge in [-0.25, -0.2) is 4.99 Å². The normalized spacial score (nSPS) is 15.5. The van der Waals surface area contributed by atoms with Gasteiger partial charge >= 0.3 is 0 Å². The van der Waals surface area contributed by atoms with E-state index in [2.05, 4.69) is 41.5 Å². The molecule has 1 aliphatic rings. The Hall–Kier alpha value is -2.10. The van der Waals surface area contributed by atoms with Crippen LogP contribution in [-0.4, -0.2) is 11.7 Å². The predicted octanol–water partition coefficient (Wildman–Crippen LogP) is 4.80. The Morgan fingerprint density at radius 2 is 1.83 bits per heavy atom. The maximum absolute atomic E-state index is 12.1. The number of aryl methyl sites for hydroxylation is 2. The van der Waals surface area contributed by atoms with Crippen LogP contribution in [0.2, 0.25) is 10.0 Å². The van der Waals surface area contributed by atoms with Crippen molar-refractivity contribution in [1.82, 2.24) is 5.32 Å². The van der Waals surface area contributed by atoms with Crippen molar-refractivity contribution in [3.8, 4) is 0 Å². The van der Waals surface area contributed by atoms with Crippen LogP contribution in [0.3, 0.4) is 0 Å². The van der Waals surface area contributed by atoms with E-state index < -0.39 is 0 Å². The lowest BCUT2D eigenvalue weighted by Gasteiger charge is -2.02. The van der Waals surface area contributed by atoms with Crippen LogP contribution in [0.5, 0.6) is 0 Å². The van der Waals surface area contributed by atoms with Gasteiger partial charge in [0.2, 0.25) is 0 Å². The topological polar surface area (TPSA) is 41.5 Å². The minimum absolute atomic E-state index is 0.208. The van der Waals surface area contributed by atoms with Gasteiger partial charge in [0.05, 0.1) is 0 Å². The van der Waals surface area contributed by atoms with E-state index in [4.69, 9.17) is 23.2 Å². The van der Waals surface area contributed by atoms with Gasteiger partial charge in [-0.1, -0.05) is 59.1 Å². The number of carbonyl (C=O) groups excluding carboxylic acids is 1. The molecule has 1 N–H and O–H groups in total. The molecule has 122 valence electrons. The summed E-state index contributed by atoms with van der Waals surface area (Å²) in [5.74, 6) is 0.469. The molecule has 1 heterocycles. The first-order chi connectivity index (χ1) is 11.5. The van der Waals surface area contributed by atoms with Crippen LogP contribution >= 0.6 is 23.2 Å². The van der Waals surface area contributed by atoms with E-state index in [0.717, 1.165) is 12.0 Å². The summed E-state index contributed by atoms with van der Waals surface area (Å²) in [6, 6.07) is 13.5. The summed E-state index contributed by atoms with van der Waals surface area (Å²) in [5, 5.41) is 3.86. The molecule has 0 radical (unpaired) electrons. The van der Waals surface area contributed by atoms with E-state index in [1.807, 2.05) is 0 Å². The van der Waals surface area contributed by atoms with E-state index in [0.29, 0.717) is 28.0 Å². The van der Waals surface area contributed by atoms with Crippen LogP contribution in [-0.2, 0) is 11.2 Å². The van der Waals surface area contributed by atoms with Crippen molar-refractivity contribution in [2.75, 3.05) is 0 Å². The molecule has 24 heavy (non-hydrogen) atoms. The number of amides is 1. The molecule has 0 aromatic heterocycles. The van der Waals surface area contributed by atoms with Crippen LogP contribution in [0.15, 0.2) is 53.2 Å². The lowest BCUT2D eigenvalue weighted by Crippen LogP contribution is -2.24. The van der Waals surface area contributed by atoms with Crippen molar-refractivity contribution in [3.05, 3.63) is 74.9 Å². The number of amidine groups is 1. The summed E-state index contributed by atoms with van der Waals surface area (Å²) in [6.45, 7) is 2.06. The second-order valence-corrected chi connectivity index (χ2v) is 6.54. The highest BCUT2D eigenvalue weighted by Crippen LogP contribution is 2.24. The van der Waals surface area contributed by atoms with Crippen molar-refractivity contribution in [2.45, 2.75) is 19.8 Å². The first kappa shape index (κ1) is 16.7. The minimum atomic E-state index is -0.208. The van der Waals surface area contributed by atoms with E-state index in [-0.39, 0.29) is 5.91 Å². The number of nitrogens with zero attached hydrogens (tertiary/aromatic N) is 1. The Labute approximate surface area is 151 Å². The van der Waals surface area contributed by atoms with Crippen LogP contribution in [0.1, 0.15) is 23.1 Å². The third kappa shape index (κ3) is 4.05. The van der Waals surface area contributed by atoms with Crippen LogP contribution in [0.25, 0.3) is 6.08 Å². The molecule has 0 aliphatic carbocycles. The van der Waals surface area contributed by atoms with Gasteiger partial charge in [0.25, 0.3) is 5.91 Å². The van der Waals surface area contributed by atoms with Gasteiger partial charge in [0.1, 0.15) is 11.5 Å². The number of halogens is 2. The maximum Gasteiger partial charge on any atom is 0.275 e. The van der Waals surface area contributed by atoms with Crippen molar-refractivity contribution in [1.29, 1.82) is 0 Å². The summed E-state index contributed by atoms with van der Waals surface area (Å²) in [6.07, 6.45) is 3.18. The number of aliphatic imine (C=N–C) groups is 1. The fraction of sp³-hybridized carbons (Fsp3) is 0.158. The third-order valence-corrected chi connectivity index (χ3v) is 4.33. The smallest absolute Gasteiger partial charge is 0.275 e. The van der Waals surface area contributed by atoms with Crippen molar-refractivity contribution >= 4 is 41.0 Å². The molecule has 3 nitrogen and oxygen atoms in total. The number of rotatable bonds is 4. The van der Waals surface area contributed by atoms with E-state index >= 15 is 0 Å². The highest BCUT2D eigenvalue weighted by Gasteiger charge is 2.20. The third-order valence-electron chi connectivity index (χ3n) is 3.77. The number of benzene rings is 2. The molecule has 3 rings (SSSR count). The molecular formula is C19H16Cl2N2O. The highest BCUT2D eigenvalue weighted by molar-refractivity contribution is 6.35. The fourth-order valence-electron chi connectivity index (χ4n) is 2.42. The average molecular weight is 359 g/mol. The second-order valence-electron chi connectivity index (χ2n) is 5.69. The molecule has 2 aromatic rings. The molecule has 0 saturated heterocycles. The zero-order valence-corrected chi connectivity index (χ0v) is 14.7. The van der Waals surface area contributed by atoms with Crippen LogP contribution < -0.4 is 5.32 Å². The highest BCUT2D eigenvalue weighted by atomic mass is 35.5. The molecular weight excluding hydrogens is 343 g/mol. The predicted molar refractivity (Wildman–Crippen MR) is 99.5 cm³/mol. The largest absolute Gasteiger partial charge is 0.309 e. The van der Waals surface area contributed by atoms with Crippen LogP contribution in [0.4, 0.5) is 0 Å². The number of hydrogen-bond acceptors (Lipinski definition) is 2. The number of nitrogens with one attached hydrogen (secondary N) is 1. The Balaban J connectivity index is 1.72. The van der Waals surface area contributed by atoms with Crippen LogP contribution in [0, 0.1) is 6.92 Å². The second kappa shape index (κ2) is 7.20. The van der Waals surface area contributed by atoms with Gasteiger partial charge in [-0.3, -0.25) is 4.79 Å². The minimum Gasteiger partial charge on any atom is -0.309 e. The maximum atomic E-state index is 12.1. The Morgan fingerprint density at radius 3 is 2.54 bits per heavy atom. The molecule has 2 aromatic carbocycles. The molecule has 0 unspecified atom stereocenters. The quantitative estimate of drug-likeness (QED) is 0.783. The number of hydrogen-bond donors (Lipinski definition) is 1. The zero-order valence-electron chi connectivity index (χ0n) is 13.1. The Morgan fingerprint density at radius 1 is 1.08 bits per heavy atom. The van der Waals surface area contributed by atoms with E-state index in [9.17, 15) is 4.79 Å². The van der Waals surface area contributed by atoms with Gasteiger partial charge in [0, 0.05) is 16.5 Å². The summed E-state index contributed by atoms with van der Waals surface area (Å²) < 4.78 is 0. The lowest BCUT2D eigenvalue weighted by molar-refractivity contribution is -0.115. The van der Waals surface area contributed by atoms with Gasteiger partial charge in [0.15, 0.2) is 0 Å². The summed E-state index contributed by atoms with van der Waals surface area (Å²) in [5.41, 5.74) is 3.53. The fourth-order valence-corrected chi connectivity index (χ4v) is 2.88. The Kier molecular flexibility index (Phi) is 5.03. The molecule has 1 aliphatic heterocycles. The zero-order chi connectivity index (χ0) is 17.1. The molecule has 0 fully saturated rings. The van der Waals surface area contributed by atoms with Crippen molar-refractivity contribution in [3.63, 3.8) is 0 Å². The van der Waals surface area contributed by atoms with Crippen molar-refractivity contribution < 1.29 is 4.79 Å². The van der Waals surface area contributed by atoms with Gasteiger partial charge < -0.3 is 5.32 Å². The van der Waals surface area contributed by atoms with E-state index in [1.54, 1.807) is 24.3 Å². The number of carbonyl (C=O) groups is 1. The summed E-state index contributed by atoms with van der Waals surface area (Å²) >= 11 is 12.0. The average Bonchev–Trinajstić information content (AvgIpc) is 2.89. The monoisotopic (exact) mass is 358 g/mol. The molecule has 0 atom stereocenters. The summed E-state index contributed by atoms with van der Waals surface area (Å²) in [4.78, 5) is 16.4. The van der Waals surface area contributed by atoms with Crippen molar-refractivity contribution in [2.24, 2.45) is 4.99 Å².